The van der Waals surface area contributed by atoms with Gasteiger partial charge in [-0.05, 0) is 24.3 Å². The van der Waals surface area contributed by atoms with Crippen molar-refractivity contribution in [2.24, 2.45) is 5.92 Å². The van der Waals surface area contributed by atoms with Gasteiger partial charge in [0.1, 0.15) is 17.7 Å². The normalized spacial score (nSPS) is 12.2. The quantitative estimate of drug-likeness (QED) is 0.845. The minimum Gasteiger partial charge on any atom is -0.332 e. The van der Waals surface area contributed by atoms with Crippen LogP contribution in [0.25, 0.3) is 0 Å². The average molecular weight is 319 g/mol. The number of rotatable bonds is 6. The summed E-state index contributed by atoms with van der Waals surface area (Å²) in [6, 6.07) is 12.4. The van der Waals surface area contributed by atoms with Gasteiger partial charge in [0.05, 0.1) is 5.69 Å². The van der Waals surface area contributed by atoms with Crippen molar-refractivity contribution in [1.82, 2.24) is 0 Å². The molecule has 5 heteroatoms. The van der Waals surface area contributed by atoms with E-state index in [1.165, 1.54) is 24.3 Å². The number of quaternary nitrogens is 1. The fraction of sp³-hybridized carbons (Fsp3) is 0.278. The molecule has 0 saturated heterocycles. The lowest BCUT2D eigenvalue weighted by Gasteiger charge is -2.19. The van der Waals surface area contributed by atoms with E-state index in [1.807, 2.05) is 19.2 Å². The van der Waals surface area contributed by atoms with Gasteiger partial charge < -0.3 is 10.6 Å². The molecule has 0 radical (unpaired) electrons. The molecular weight excluding hydrogens is 298 g/mol. The highest BCUT2D eigenvalue weighted by Crippen LogP contribution is 2.18. The Hall–Kier alpha value is -2.27. The molecule has 3 nitrogen and oxygen atoms in total. The summed E-state index contributed by atoms with van der Waals surface area (Å²) in [7, 11) is 0. The summed E-state index contributed by atoms with van der Waals surface area (Å²) in [5.41, 5.74) is 1.13. The summed E-state index contributed by atoms with van der Waals surface area (Å²) in [6.07, 6.45) is 0. The number of halogens is 2. The van der Waals surface area contributed by atoms with Crippen LogP contribution in [-0.2, 0) is 4.79 Å². The highest BCUT2D eigenvalue weighted by atomic mass is 19.1. The molecule has 0 aliphatic carbocycles. The van der Waals surface area contributed by atoms with Crippen LogP contribution in [0.5, 0.6) is 0 Å². The molecular formula is C18H21F2N2O+. The minimum atomic E-state index is -0.459. The van der Waals surface area contributed by atoms with Gasteiger partial charge in [0.2, 0.25) is 0 Å². The molecule has 1 amide bonds. The van der Waals surface area contributed by atoms with E-state index in [1.54, 1.807) is 24.3 Å². The van der Waals surface area contributed by atoms with E-state index in [0.29, 0.717) is 0 Å². The Morgan fingerprint density at radius 3 is 2.35 bits per heavy atom. The molecule has 23 heavy (non-hydrogen) atoms. The van der Waals surface area contributed by atoms with E-state index in [-0.39, 0.29) is 35.9 Å². The first kappa shape index (κ1) is 17.1. The number of hydrogen-bond acceptors (Lipinski definition) is 1. The van der Waals surface area contributed by atoms with E-state index >= 15 is 0 Å². The predicted molar refractivity (Wildman–Crippen MR) is 85.8 cm³/mol. The van der Waals surface area contributed by atoms with Crippen LogP contribution < -0.4 is 10.6 Å². The number of anilines is 1. The minimum absolute atomic E-state index is 0.0296. The van der Waals surface area contributed by atoms with Crippen LogP contribution in [0.15, 0.2) is 48.5 Å². The van der Waals surface area contributed by atoms with Crippen molar-refractivity contribution in [1.29, 1.82) is 0 Å². The lowest BCUT2D eigenvalue weighted by Crippen LogP contribution is -2.88. The van der Waals surface area contributed by atoms with Crippen LogP contribution in [0, 0.1) is 17.6 Å². The van der Waals surface area contributed by atoms with Crippen molar-refractivity contribution < 1.29 is 18.9 Å². The standard InChI is InChI=1S/C18H20F2N2O/c1-12(2)18(13-7-9-14(19)10-8-13)21-11-17(23)22-16-6-4-3-5-15(16)20/h3-10,12,18,21H,11H2,1-2H3,(H,22,23)/p+1/t18-/m1/s1. The molecule has 3 N–H and O–H groups in total. The Morgan fingerprint density at radius 1 is 1.09 bits per heavy atom. The van der Waals surface area contributed by atoms with Crippen LogP contribution in [0.1, 0.15) is 25.5 Å². The highest BCUT2D eigenvalue weighted by molar-refractivity contribution is 5.91. The third-order valence-electron chi connectivity index (χ3n) is 3.68. The molecule has 0 bridgehead atoms. The molecule has 0 heterocycles. The van der Waals surface area contributed by atoms with Gasteiger partial charge in [-0.3, -0.25) is 4.79 Å². The Bertz CT molecular complexity index is 656. The second-order valence-corrected chi connectivity index (χ2v) is 5.79. The average Bonchev–Trinajstić information content (AvgIpc) is 2.51. The van der Waals surface area contributed by atoms with Gasteiger partial charge in [-0.15, -0.1) is 0 Å². The molecule has 0 unspecified atom stereocenters. The topological polar surface area (TPSA) is 45.7 Å². The zero-order valence-electron chi connectivity index (χ0n) is 13.2. The van der Waals surface area contributed by atoms with Gasteiger partial charge in [0.25, 0.3) is 5.91 Å². The number of benzene rings is 2. The van der Waals surface area contributed by atoms with Crippen molar-refractivity contribution in [3.8, 4) is 0 Å². The van der Waals surface area contributed by atoms with Crippen LogP contribution in [-0.4, -0.2) is 12.5 Å². The summed E-state index contributed by atoms with van der Waals surface area (Å²) in [6.45, 7) is 4.24. The molecule has 0 aliphatic heterocycles. The molecule has 1 atom stereocenters. The largest absolute Gasteiger partial charge is 0.332 e. The number of carbonyl (C=O) groups is 1. The number of para-hydroxylation sites is 1. The maximum absolute atomic E-state index is 13.5. The fourth-order valence-corrected chi connectivity index (χ4v) is 2.48. The molecule has 0 aromatic heterocycles. The Labute approximate surface area is 134 Å². The predicted octanol–water partition coefficient (Wildman–Crippen LogP) is 2.86. The van der Waals surface area contributed by atoms with Crippen molar-refractivity contribution in [3.63, 3.8) is 0 Å². The first-order valence-electron chi connectivity index (χ1n) is 7.60. The van der Waals surface area contributed by atoms with Crippen LogP contribution >= 0.6 is 0 Å². The van der Waals surface area contributed by atoms with E-state index < -0.39 is 5.82 Å². The molecule has 0 aliphatic rings. The van der Waals surface area contributed by atoms with Gasteiger partial charge in [-0.1, -0.05) is 38.1 Å². The second kappa shape index (κ2) is 7.83. The summed E-state index contributed by atoms with van der Waals surface area (Å²) >= 11 is 0. The number of carbonyl (C=O) groups excluding carboxylic acids is 1. The first-order valence-corrected chi connectivity index (χ1v) is 7.60. The lowest BCUT2D eigenvalue weighted by molar-refractivity contribution is -0.692. The number of nitrogens with two attached hydrogens (primary N) is 1. The summed E-state index contributed by atoms with van der Waals surface area (Å²) in [4.78, 5) is 12.0. The van der Waals surface area contributed by atoms with E-state index in [0.717, 1.165) is 5.56 Å². The maximum atomic E-state index is 13.5. The molecule has 0 fully saturated rings. The van der Waals surface area contributed by atoms with Gasteiger partial charge in [-0.25, -0.2) is 8.78 Å². The van der Waals surface area contributed by atoms with Crippen molar-refractivity contribution in [2.75, 3.05) is 11.9 Å². The second-order valence-electron chi connectivity index (χ2n) is 5.79. The van der Waals surface area contributed by atoms with Gasteiger partial charge >= 0.3 is 0 Å². The number of nitrogens with one attached hydrogen (secondary N) is 1. The van der Waals surface area contributed by atoms with Crippen LogP contribution in [0.2, 0.25) is 0 Å². The lowest BCUT2D eigenvalue weighted by atomic mass is 9.96. The molecule has 2 aromatic carbocycles. The monoisotopic (exact) mass is 319 g/mol. The zero-order valence-corrected chi connectivity index (χ0v) is 13.2. The fourth-order valence-electron chi connectivity index (χ4n) is 2.48. The highest BCUT2D eigenvalue weighted by Gasteiger charge is 2.20. The zero-order chi connectivity index (χ0) is 16.8. The third kappa shape index (κ3) is 4.86. The van der Waals surface area contributed by atoms with Gasteiger partial charge in [-0.2, -0.15) is 0 Å². The molecule has 0 saturated carbocycles. The SMILES string of the molecule is CC(C)[C@@H]([NH2+]CC(=O)Nc1ccccc1F)c1ccc(F)cc1. The Balaban J connectivity index is 1.97. The van der Waals surface area contributed by atoms with E-state index in [9.17, 15) is 13.6 Å². The molecule has 0 spiro atoms. The van der Waals surface area contributed by atoms with Crippen LogP contribution in [0.3, 0.4) is 0 Å². The summed E-state index contributed by atoms with van der Waals surface area (Å²) in [5, 5.41) is 4.44. The maximum Gasteiger partial charge on any atom is 0.279 e. The number of hydrogen-bond donors (Lipinski definition) is 2. The van der Waals surface area contributed by atoms with E-state index in [2.05, 4.69) is 5.32 Å². The van der Waals surface area contributed by atoms with Gasteiger partial charge in [0, 0.05) is 11.5 Å². The van der Waals surface area contributed by atoms with Crippen molar-refractivity contribution in [2.45, 2.75) is 19.9 Å². The van der Waals surface area contributed by atoms with Crippen LogP contribution in [0.4, 0.5) is 14.5 Å². The summed E-state index contributed by atoms with van der Waals surface area (Å²) in [5.74, 6) is -0.752. The van der Waals surface area contributed by atoms with E-state index in [4.69, 9.17) is 0 Å². The molecule has 2 rings (SSSR count). The molecule has 122 valence electrons. The Morgan fingerprint density at radius 2 is 1.74 bits per heavy atom. The van der Waals surface area contributed by atoms with Crippen molar-refractivity contribution in [3.05, 3.63) is 65.7 Å². The molecule has 2 aromatic rings. The number of amides is 1. The smallest absolute Gasteiger partial charge is 0.279 e. The third-order valence-corrected chi connectivity index (χ3v) is 3.68. The Kier molecular flexibility index (Phi) is 5.82. The van der Waals surface area contributed by atoms with Crippen molar-refractivity contribution >= 4 is 11.6 Å². The van der Waals surface area contributed by atoms with Gasteiger partial charge in [0.15, 0.2) is 6.54 Å². The first-order chi connectivity index (χ1) is 11.0. The summed E-state index contributed by atoms with van der Waals surface area (Å²) < 4.78 is 26.6.